The smallest absolute Gasteiger partial charge is 0.188 e. The number of aliphatic imine (C=N–C) groups is 1. The number of rotatable bonds is 8. The first-order chi connectivity index (χ1) is 11.6. The van der Waals surface area contributed by atoms with E-state index in [4.69, 9.17) is 5.73 Å². The molecule has 0 aliphatic carbocycles. The zero-order valence-corrected chi connectivity index (χ0v) is 15.4. The molecule has 24 heavy (non-hydrogen) atoms. The van der Waals surface area contributed by atoms with Gasteiger partial charge in [0.2, 0.25) is 0 Å². The van der Waals surface area contributed by atoms with Crippen molar-refractivity contribution in [1.82, 2.24) is 15.1 Å². The highest BCUT2D eigenvalue weighted by atomic mass is 15.2. The summed E-state index contributed by atoms with van der Waals surface area (Å²) in [6, 6.07) is 11.5. The summed E-state index contributed by atoms with van der Waals surface area (Å²) in [6.45, 7) is 9.28. The van der Waals surface area contributed by atoms with Gasteiger partial charge in [-0.25, -0.2) is 0 Å². The third kappa shape index (κ3) is 5.80. The average Bonchev–Trinajstić information content (AvgIpc) is 3.06. The van der Waals surface area contributed by atoms with Crippen LogP contribution in [-0.4, -0.2) is 61.1 Å². The van der Waals surface area contributed by atoms with E-state index in [0.29, 0.717) is 24.6 Å². The Morgan fingerprint density at radius 3 is 2.88 bits per heavy atom. The number of hydrogen-bond donors (Lipinski definition) is 2. The first-order valence-corrected chi connectivity index (χ1v) is 9.12. The molecule has 0 aromatic heterocycles. The molecule has 1 aromatic carbocycles. The van der Waals surface area contributed by atoms with E-state index in [0.717, 1.165) is 19.6 Å². The molecule has 0 bridgehead atoms. The van der Waals surface area contributed by atoms with Gasteiger partial charge >= 0.3 is 0 Å². The van der Waals surface area contributed by atoms with Crippen LogP contribution in [0.25, 0.3) is 0 Å². The predicted molar refractivity (Wildman–Crippen MR) is 102 cm³/mol. The van der Waals surface area contributed by atoms with Gasteiger partial charge in [0.15, 0.2) is 5.96 Å². The number of nitrogens with zero attached hydrogens (tertiary/aromatic N) is 3. The molecule has 0 spiro atoms. The van der Waals surface area contributed by atoms with Crippen LogP contribution < -0.4 is 11.1 Å². The fourth-order valence-electron chi connectivity index (χ4n) is 3.22. The standard InChI is InChI=1S/C19H33N5/c1-4-24-12-8-11-18(24)14-22-19(20)21-13-16(2)23(3)15-17-9-6-5-7-10-17/h5-7,9-10,16,18H,4,8,11-15H2,1-3H3,(H3,20,21,22). The average molecular weight is 332 g/mol. The zero-order valence-electron chi connectivity index (χ0n) is 15.4. The third-order valence-electron chi connectivity index (χ3n) is 4.98. The Kier molecular flexibility index (Phi) is 7.53. The van der Waals surface area contributed by atoms with Crippen molar-refractivity contribution in [1.29, 1.82) is 0 Å². The summed E-state index contributed by atoms with van der Waals surface area (Å²) >= 11 is 0. The van der Waals surface area contributed by atoms with Crippen LogP contribution in [0.4, 0.5) is 0 Å². The summed E-state index contributed by atoms with van der Waals surface area (Å²) in [5.41, 5.74) is 7.36. The van der Waals surface area contributed by atoms with Crippen molar-refractivity contribution in [2.75, 3.05) is 33.2 Å². The Bertz CT molecular complexity index is 502. The van der Waals surface area contributed by atoms with Crippen LogP contribution in [-0.2, 0) is 6.54 Å². The minimum atomic E-state index is 0.351. The maximum atomic E-state index is 6.04. The lowest BCUT2D eigenvalue weighted by Crippen LogP contribution is -2.43. The van der Waals surface area contributed by atoms with E-state index < -0.39 is 0 Å². The second-order valence-corrected chi connectivity index (χ2v) is 6.78. The molecule has 3 N–H and O–H groups in total. The van der Waals surface area contributed by atoms with Gasteiger partial charge in [-0.15, -0.1) is 0 Å². The fourth-order valence-corrected chi connectivity index (χ4v) is 3.22. The molecule has 2 unspecified atom stereocenters. The van der Waals surface area contributed by atoms with Gasteiger partial charge in [0.05, 0.1) is 6.54 Å². The minimum Gasteiger partial charge on any atom is -0.370 e. The molecule has 2 atom stereocenters. The van der Waals surface area contributed by atoms with E-state index in [-0.39, 0.29) is 0 Å². The van der Waals surface area contributed by atoms with Crippen molar-refractivity contribution >= 4 is 5.96 Å². The Labute approximate surface area is 146 Å². The zero-order chi connectivity index (χ0) is 17.4. The van der Waals surface area contributed by atoms with Crippen molar-refractivity contribution in [3.8, 4) is 0 Å². The molecule has 1 saturated heterocycles. The van der Waals surface area contributed by atoms with Gasteiger partial charge in [0, 0.05) is 25.2 Å². The number of likely N-dealkylation sites (N-methyl/N-ethyl adjacent to an activating group) is 2. The SMILES string of the molecule is CCN1CCCC1CNC(N)=NCC(C)N(C)Cc1ccccc1. The molecule has 1 heterocycles. The molecule has 0 saturated carbocycles. The summed E-state index contributed by atoms with van der Waals surface area (Å²) in [7, 11) is 2.13. The molecule has 1 fully saturated rings. The van der Waals surface area contributed by atoms with Crippen LogP contribution in [0.2, 0.25) is 0 Å². The Morgan fingerprint density at radius 1 is 1.42 bits per heavy atom. The van der Waals surface area contributed by atoms with Gasteiger partial charge in [0.25, 0.3) is 0 Å². The molecule has 0 radical (unpaired) electrons. The highest BCUT2D eigenvalue weighted by Crippen LogP contribution is 2.15. The van der Waals surface area contributed by atoms with Crippen molar-refractivity contribution in [2.24, 2.45) is 10.7 Å². The van der Waals surface area contributed by atoms with Gasteiger partial charge in [0.1, 0.15) is 0 Å². The van der Waals surface area contributed by atoms with Gasteiger partial charge in [-0.05, 0) is 45.5 Å². The third-order valence-corrected chi connectivity index (χ3v) is 4.98. The van der Waals surface area contributed by atoms with Gasteiger partial charge in [-0.1, -0.05) is 37.3 Å². The van der Waals surface area contributed by atoms with Crippen LogP contribution in [0.1, 0.15) is 32.3 Å². The Morgan fingerprint density at radius 2 is 2.17 bits per heavy atom. The maximum absolute atomic E-state index is 6.04. The molecular weight excluding hydrogens is 298 g/mol. The topological polar surface area (TPSA) is 56.9 Å². The van der Waals surface area contributed by atoms with Crippen LogP contribution >= 0.6 is 0 Å². The number of guanidine groups is 1. The molecular formula is C19H33N5. The summed E-state index contributed by atoms with van der Waals surface area (Å²) in [4.78, 5) is 9.34. The summed E-state index contributed by atoms with van der Waals surface area (Å²) in [5, 5.41) is 3.30. The lowest BCUT2D eigenvalue weighted by Gasteiger charge is -2.24. The van der Waals surface area contributed by atoms with E-state index in [9.17, 15) is 0 Å². The second-order valence-electron chi connectivity index (χ2n) is 6.78. The number of nitrogens with one attached hydrogen (secondary N) is 1. The van der Waals surface area contributed by atoms with E-state index in [2.05, 4.69) is 65.3 Å². The number of hydrogen-bond acceptors (Lipinski definition) is 3. The van der Waals surface area contributed by atoms with Gasteiger partial charge in [-0.2, -0.15) is 0 Å². The first kappa shape index (κ1) is 18.7. The first-order valence-electron chi connectivity index (χ1n) is 9.12. The van der Waals surface area contributed by atoms with E-state index in [1.54, 1.807) is 0 Å². The number of benzene rings is 1. The van der Waals surface area contributed by atoms with Crippen LogP contribution in [0.3, 0.4) is 0 Å². The Balaban J connectivity index is 1.72. The molecule has 5 nitrogen and oxygen atoms in total. The van der Waals surface area contributed by atoms with Gasteiger partial charge < -0.3 is 11.1 Å². The van der Waals surface area contributed by atoms with E-state index in [1.165, 1.54) is 24.9 Å². The van der Waals surface area contributed by atoms with Gasteiger partial charge in [-0.3, -0.25) is 14.8 Å². The maximum Gasteiger partial charge on any atom is 0.188 e. The monoisotopic (exact) mass is 331 g/mol. The molecule has 134 valence electrons. The number of nitrogens with two attached hydrogens (primary N) is 1. The van der Waals surface area contributed by atoms with Crippen molar-refractivity contribution in [3.63, 3.8) is 0 Å². The molecule has 2 rings (SSSR count). The number of likely N-dealkylation sites (tertiary alicyclic amines) is 1. The highest BCUT2D eigenvalue weighted by Gasteiger charge is 2.22. The molecule has 1 aliphatic heterocycles. The molecule has 5 heteroatoms. The van der Waals surface area contributed by atoms with E-state index in [1.807, 2.05) is 6.07 Å². The van der Waals surface area contributed by atoms with E-state index >= 15 is 0 Å². The molecule has 1 aromatic rings. The quantitative estimate of drug-likeness (QED) is 0.564. The van der Waals surface area contributed by atoms with Crippen molar-refractivity contribution < 1.29 is 0 Å². The van der Waals surface area contributed by atoms with Crippen LogP contribution in [0, 0.1) is 0 Å². The minimum absolute atomic E-state index is 0.351. The molecule has 0 amide bonds. The lowest BCUT2D eigenvalue weighted by atomic mass is 10.2. The van der Waals surface area contributed by atoms with Crippen molar-refractivity contribution in [2.45, 2.75) is 45.3 Å². The van der Waals surface area contributed by atoms with Crippen molar-refractivity contribution in [3.05, 3.63) is 35.9 Å². The largest absolute Gasteiger partial charge is 0.370 e. The predicted octanol–water partition coefficient (Wildman–Crippen LogP) is 1.90. The molecule has 1 aliphatic rings. The summed E-state index contributed by atoms with van der Waals surface area (Å²) < 4.78 is 0. The summed E-state index contributed by atoms with van der Waals surface area (Å²) in [6.07, 6.45) is 2.54. The Hall–Kier alpha value is -1.59. The highest BCUT2D eigenvalue weighted by molar-refractivity contribution is 5.77. The fraction of sp³-hybridized carbons (Fsp3) is 0.632. The van der Waals surface area contributed by atoms with Crippen LogP contribution in [0.15, 0.2) is 35.3 Å². The summed E-state index contributed by atoms with van der Waals surface area (Å²) in [5.74, 6) is 0.568. The lowest BCUT2D eigenvalue weighted by molar-refractivity contribution is 0.254. The van der Waals surface area contributed by atoms with Crippen LogP contribution in [0.5, 0.6) is 0 Å². The normalized spacial score (nSPS) is 20.5. The second kappa shape index (κ2) is 9.64.